The molecule has 96 valence electrons. The van der Waals surface area contributed by atoms with Crippen LogP contribution in [0.2, 0.25) is 0 Å². The lowest BCUT2D eigenvalue weighted by Gasteiger charge is -2.13. The van der Waals surface area contributed by atoms with Gasteiger partial charge < -0.3 is 11.1 Å². The number of aryl methyl sites for hydroxylation is 2. The number of thiazole rings is 1. The zero-order valence-corrected chi connectivity index (χ0v) is 11.7. The molecule has 0 saturated heterocycles. The first kappa shape index (κ1) is 13.0. The summed E-state index contributed by atoms with van der Waals surface area (Å²) >= 11 is 1.74. The van der Waals surface area contributed by atoms with E-state index in [2.05, 4.69) is 22.2 Å². The molecule has 5 heteroatoms. The predicted octanol–water partition coefficient (Wildman–Crippen LogP) is 2.59. The summed E-state index contributed by atoms with van der Waals surface area (Å²) in [6.07, 6.45) is 1.76. The first-order valence-electron chi connectivity index (χ1n) is 5.94. The van der Waals surface area contributed by atoms with Crippen LogP contribution in [0.3, 0.4) is 0 Å². The molecule has 1 unspecified atom stereocenters. The lowest BCUT2D eigenvalue weighted by Crippen LogP contribution is -2.19. The molecule has 2 heterocycles. The zero-order valence-electron chi connectivity index (χ0n) is 10.9. The minimum atomic E-state index is 0.262. The summed E-state index contributed by atoms with van der Waals surface area (Å²) in [6, 6.07) is 3.98. The molecule has 2 rings (SSSR count). The minimum Gasteiger partial charge on any atom is -0.397 e. The van der Waals surface area contributed by atoms with E-state index < -0.39 is 0 Å². The fraction of sp³-hybridized carbons (Fsp3) is 0.385. The van der Waals surface area contributed by atoms with Gasteiger partial charge >= 0.3 is 0 Å². The van der Waals surface area contributed by atoms with Crippen LogP contribution in [-0.2, 0) is 6.54 Å². The van der Waals surface area contributed by atoms with Gasteiger partial charge in [0.2, 0.25) is 0 Å². The highest BCUT2D eigenvalue weighted by molar-refractivity contribution is 7.11. The van der Waals surface area contributed by atoms with Crippen LogP contribution >= 0.6 is 11.3 Å². The van der Waals surface area contributed by atoms with Crippen molar-refractivity contribution in [1.29, 1.82) is 0 Å². The third-order valence-corrected chi connectivity index (χ3v) is 4.09. The molecule has 0 amide bonds. The maximum Gasteiger partial charge on any atom is 0.0900 e. The number of hydrogen-bond acceptors (Lipinski definition) is 5. The second-order valence-electron chi connectivity index (χ2n) is 4.32. The molecule has 0 aliphatic rings. The highest BCUT2D eigenvalue weighted by Crippen LogP contribution is 2.24. The normalized spacial score (nSPS) is 12.6. The Balaban J connectivity index is 2.03. The molecule has 0 saturated carbocycles. The summed E-state index contributed by atoms with van der Waals surface area (Å²) in [5.74, 6) is 0. The Morgan fingerprint density at radius 1 is 1.44 bits per heavy atom. The number of nitrogens with one attached hydrogen (secondary N) is 1. The van der Waals surface area contributed by atoms with Gasteiger partial charge in [-0.3, -0.25) is 4.98 Å². The summed E-state index contributed by atoms with van der Waals surface area (Å²) in [5.41, 5.74) is 8.59. The van der Waals surface area contributed by atoms with Crippen LogP contribution in [0, 0.1) is 13.8 Å². The average Bonchev–Trinajstić information content (AvgIpc) is 2.67. The number of nitrogens with zero attached hydrogens (tertiary/aromatic N) is 2. The fourth-order valence-corrected chi connectivity index (χ4v) is 2.84. The molecule has 0 spiro atoms. The Bertz CT molecular complexity index is 536. The number of anilines is 1. The molecular formula is C13H18N4S. The van der Waals surface area contributed by atoms with Crippen LogP contribution in [0.4, 0.5) is 5.69 Å². The zero-order chi connectivity index (χ0) is 13.1. The van der Waals surface area contributed by atoms with Crippen molar-refractivity contribution in [1.82, 2.24) is 15.3 Å². The van der Waals surface area contributed by atoms with Gasteiger partial charge in [-0.25, -0.2) is 4.98 Å². The quantitative estimate of drug-likeness (QED) is 0.889. The van der Waals surface area contributed by atoms with Gasteiger partial charge in [0.1, 0.15) is 0 Å². The van der Waals surface area contributed by atoms with E-state index in [0.29, 0.717) is 6.54 Å². The Morgan fingerprint density at radius 2 is 2.22 bits per heavy atom. The minimum absolute atomic E-state index is 0.262. The highest BCUT2D eigenvalue weighted by atomic mass is 32.1. The van der Waals surface area contributed by atoms with E-state index in [9.17, 15) is 0 Å². The third kappa shape index (κ3) is 2.86. The van der Waals surface area contributed by atoms with Crippen LogP contribution in [0.1, 0.15) is 34.2 Å². The molecular weight excluding hydrogens is 244 g/mol. The van der Waals surface area contributed by atoms with Gasteiger partial charge in [0.15, 0.2) is 0 Å². The van der Waals surface area contributed by atoms with Gasteiger partial charge in [-0.15, -0.1) is 11.3 Å². The molecule has 0 radical (unpaired) electrons. The van der Waals surface area contributed by atoms with Crippen LogP contribution < -0.4 is 11.1 Å². The second kappa shape index (κ2) is 5.46. The van der Waals surface area contributed by atoms with E-state index in [1.807, 2.05) is 26.0 Å². The largest absolute Gasteiger partial charge is 0.397 e. The molecule has 0 aromatic carbocycles. The van der Waals surface area contributed by atoms with Crippen LogP contribution in [0.5, 0.6) is 0 Å². The van der Waals surface area contributed by atoms with Crippen LogP contribution in [0.25, 0.3) is 0 Å². The number of rotatable bonds is 4. The molecule has 4 nitrogen and oxygen atoms in total. The third-order valence-electron chi connectivity index (χ3n) is 2.83. The van der Waals surface area contributed by atoms with E-state index in [0.717, 1.165) is 22.1 Å². The van der Waals surface area contributed by atoms with E-state index >= 15 is 0 Å². The van der Waals surface area contributed by atoms with Crippen molar-refractivity contribution in [3.8, 4) is 0 Å². The smallest absolute Gasteiger partial charge is 0.0900 e. The number of pyridine rings is 1. The van der Waals surface area contributed by atoms with Crippen LogP contribution in [0.15, 0.2) is 18.3 Å². The highest BCUT2D eigenvalue weighted by Gasteiger charge is 2.12. The van der Waals surface area contributed by atoms with Crippen molar-refractivity contribution in [3.05, 3.63) is 39.6 Å². The summed E-state index contributed by atoms with van der Waals surface area (Å²) < 4.78 is 0. The first-order chi connectivity index (χ1) is 8.58. The topological polar surface area (TPSA) is 63.8 Å². The van der Waals surface area contributed by atoms with E-state index in [1.54, 1.807) is 17.5 Å². The number of nitrogens with two attached hydrogens (primary N) is 1. The predicted molar refractivity (Wildman–Crippen MR) is 75.5 cm³/mol. The fourth-order valence-electron chi connectivity index (χ4n) is 1.89. The molecule has 0 fully saturated rings. The lowest BCUT2D eigenvalue weighted by atomic mass is 10.2. The molecule has 0 aliphatic carbocycles. The molecule has 0 aliphatic heterocycles. The van der Waals surface area contributed by atoms with Crippen molar-refractivity contribution in [3.63, 3.8) is 0 Å². The molecule has 1 atom stereocenters. The maximum absolute atomic E-state index is 5.87. The number of nitrogen functional groups attached to an aromatic ring is 1. The molecule has 0 bridgehead atoms. The molecule has 3 N–H and O–H groups in total. The van der Waals surface area contributed by atoms with Crippen molar-refractivity contribution in [2.45, 2.75) is 33.4 Å². The summed E-state index contributed by atoms with van der Waals surface area (Å²) in [6.45, 7) is 6.89. The molecule has 18 heavy (non-hydrogen) atoms. The standard InChI is InChI=1S/C13H18N4S/c1-8(13-9(2)17-10(3)18-13)16-7-12-11(14)5-4-6-15-12/h4-6,8,16H,7,14H2,1-3H3. The summed E-state index contributed by atoms with van der Waals surface area (Å²) in [4.78, 5) is 9.99. The Hall–Kier alpha value is -1.46. The van der Waals surface area contributed by atoms with Crippen molar-refractivity contribution in [2.75, 3.05) is 5.73 Å². The van der Waals surface area contributed by atoms with Crippen molar-refractivity contribution < 1.29 is 0 Å². The van der Waals surface area contributed by atoms with Gasteiger partial charge in [-0.1, -0.05) is 0 Å². The lowest BCUT2D eigenvalue weighted by molar-refractivity contribution is 0.573. The van der Waals surface area contributed by atoms with Gasteiger partial charge in [0, 0.05) is 23.7 Å². The van der Waals surface area contributed by atoms with E-state index in [-0.39, 0.29) is 6.04 Å². The van der Waals surface area contributed by atoms with Gasteiger partial charge in [-0.05, 0) is 32.9 Å². The maximum atomic E-state index is 5.87. The van der Waals surface area contributed by atoms with Crippen molar-refractivity contribution in [2.24, 2.45) is 0 Å². The Kier molecular flexibility index (Phi) is 3.93. The summed E-state index contributed by atoms with van der Waals surface area (Å²) in [7, 11) is 0. The Morgan fingerprint density at radius 3 is 2.83 bits per heavy atom. The summed E-state index contributed by atoms with van der Waals surface area (Å²) in [5, 5.41) is 4.54. The van der Waals surface area contributed by atoms with E-state index in [1.165, 1.54) is 4.88 Å². The van der Waals surface area contributed by atoms with Gasteiger partial charge in [-0.2, -0.15) is 0 Å². The van der Waals surface area contributed by atoms with E-state index in [4.69, 9.17) is 5.73 Å². The van der Waals surface area contributed by atoms with Gasteiger partial charge in [0.25, 0.3) is 0 Å². The van der Waals surface area contributed by atoms with Crippen molar-refractivity contribution >= 4 is 17.0 Å². The number of hydrogen-bond donors (Lipinski definition) is 2. The number of aromatic nitrogens is 2. The Labute approximate surface area is 111 Å². The monoisotopic (exact) mass is 262 g/mol. The van der Waals surface area contributed by atoms with Gasteiger partial charge in [0.05, 0.1) is 22.1 Å². The molecule has 2 aromatic heterocycles. The first-order valence-corrected chi connectivity index (χ1v) is 6.76. The average molecular weight is 262 g/mol. The second-order valence-corrected chi connectivity index (χ2v) is 5.56. The molecule has 2 aromatic rings. The van der Waals surface area contributed by atoms with Crippen LogP contribution in [-0.4, -0.2) is 9.97 Å². The SMILES string of the molecule is Cc1nc(C)c(C(C)NCc2ncccc2N)s1.